The van der Waals surface area contributed by atoms with Crippen LogP contribution in [0.25, 0.3) is 0 Å². The van der Waals surface area contributed by atoms with Crippen LogP contribution in [0, 0.1) is 5.92 Å². The summed E-state index contributed by atoms with van der Waals surface area (Å²) < 4.78 is 1.63. The average Bonchev–Trinajstić information content (AvgIpc) is 2.94. The minimum Gasteiger partial charge on any atom is -0.369 e. The lowest BCUT2D eigenvalue weighted by atomic mass is 9.94. The van der Waals surface area contributed by atoms with E-state index in [2.05, 4.69) is 15.6 Å². The van der Waals surface area contributed by atoms with E-state index in [1.807, 2.05) is 30.3 Å². The van der Waals surface area contributed by atoms with Crippen LogP contribution in [0.2, 0.25) is 0 Å². The van der Waals surface area contributed by atoms with Crippen LogP contribution in [0.15, 0.2) is 36.5 Å². The van der Waals surface area contributed by atoms with Gasteiger partial charge >= 0.3 is 0 Å². The van der Waals surface area contributed by atoms with Crippen LogP contribution in [0.4, 0.5) is 0 Å². The minimum atomic E-state index is -0.347. The summed E-state index contributed by atoms with van der Waals surface area (Å²) in [5, 5.41) is 10.9. The molecule has 1 aliphatic rings. The van der Waals surface area contributed by atoms with E-state index in [-0.39, 0.29) is 29.5 Å². The molecule has 2 atom stereocenters. The van der Waals surface area contributed by atoms with Crippen LogP contribution in [0.1, 0.15) is 48.2 Å². The third-order valence-electron chi connectivity index (χ3n) is 4.66. The number of carbonyl (C=O) groups excluding carboxylic acids is 2. The summed E-state index contributed by atoms with van der Waals surface area (Å²) in [7, 11) is 0. The van der Waals surface area contributed by atoms with E-state index in [1.54, 1.807) is 10.9 Å². The van der Waals surface area contributed by atoms with Crippen LogP contribution in [-0.4, -0.2) is 32.9 Å². The molecule has 0 radical (unpaired) electrons. The fraction of sp³-hybridized carbons (Fsp3) is 0.444. The molecule has 0 unspecified atom stereocenters. The molecule has 3 N–H and O–H groups in total. The van der Waals surface area contributed by atoms with Gasteiger partial charge in [-0.3, -0.25) is 9.59 Å². The maximum atomic E-state index is 12.5. The Morgan fingerprint density at radius 3 is 2.68 bits per heavy atom. The number of carbonyl (C=O) groups is 2. The summed E-state index contributed by atoms with van der Waals surface area (Å²) in [5.41, 5.74) is 6.84. The predicted molar refractivity (Wildman–Crippen MR) is 92.6 cm³/mol. The molecule has 0 spiro atoms. The van der Waals surface area contributed by atoms with E-state index >= 15 is 0 Å². The lowest BCUT2D eigenvalue weighted by molar-refractivity contribution is -0.122. The molecular formula is C18H23N5O2. The summed E-state index contributed by atoms with van der Waals surface area (Å²) in [6, 6.07) is 9.61. The Hall–Kier alpha value is -2.70. The molecule has 0 aliphatic heterocycles. The van der Waals surface area contributed by atoms with Gasteiger partial charge in [-0.25, -0.2) is 4.68 Å². The number of nitrogens with zero attached hydrogens (tertiary/aromatic N) is 3. The molecule has 0 saturated heterocycles. The number of rotatable bonds is 5. The van der Waals surface area contributed by atoms with Crippen molar-refractivity contribution >= 4 is 11.8 Å². The average molecular weight is 341 g/mol. The fourth-order valence-electron chi connectivity index (χ4n) is 3.31. The van der Waals surface area contributed by atoms with Crippen LogP contribution < -0.4 is 11.1 Å². The van der Waals surface area contributed by atoms with Crippen LogP contribution in [0.5, 0.6) is 0 Å². The van der Waals surface area contributed by atoms with Crippen LogP contribution in [0.3, 0.4) is 0 Å². The van der Waals surface area contributed by atoms with Gasteiger partial charge in [-0.15, -0.1) is 5.10 Å². The molecule has 1 heterocycles. The van der Waals surface area contributed by atoms with Gasteiger partial charge in [-0.2, -0.15) is 0 Å². The fourth-order valence-corrected chi connectivity index (χ4v) is 3.31. The quantitative estimate of drug-likeness (QED) is 0.804. The van der Waals surface area contributed by atoms with E-state index in [0.717, 1.165) is 37.7 Å². The maximum absolute atomic E-state index is 12.5. The van der Waals surface area contributed by atoms with Gasteiger partial charge in [0.05, 0.1) is 18.7 Å². The Morgan fingerprint density at radius 2 is 1.92 bits per heavy atom. The molecule has 7 nitrogen and oxygen atoms in total. The molecule has 132 valence electrons. The van der Waals surface area contributed by atoms with Crippen LogP contribution >= 0.6 is 0 Å². The predicted octanol–water partition coefficient (Wildman–Crippen LogP) is 1.49. The normalized spacial score (nSPS) is 20.6. The highest BCUT2D eigenvalue weighted by atomic mass is 16.2. The first-order valence-corrected chi connectivity index (χ1v) is 8.68. The second-order valence-corrected chi connectivity index (χ2v) is 6.51. The standard InChI is InChI=1S/C18H23N5O2/c19-17(24)14-9-5-2-6-10-15(14)20-18(25)16-12-23(22-21-16)11-13-7-3-1-4-8-13/h1,3-4,7-8,12,14-15H,2,5-6,9-11H2,(H2,19,24)(H,20,25)/t14-,15+/m1/s1. The van der Waals surface area contributed by atoms with E-state index in [9.17, 15) is 9.59 Å². The number of nitrogens with two attached hydrogens (primary N) is 1. The molecule has 1 aromatic carbocycles. The molecule has 1 fully saturated rings. The summed E-state index contributed by atoms with van der Waals surface area (Å²) in [6.07, 6.45) is 6.11. The topological polar surface area (TPSA) is 103 Å². The summed E-state index contributed by atoms with van der Waals surface area (Å²) in [4.78, 5) is 24.2. The second-order valence-electron chi connectivity index (χ2n) is 6.51. The molecule has 1 aliphatic carbocycles. The molecule has 2 aromatic rings. The highest BCUT2D eigenvalue weighted by Gasteiger charge is 2.30. The van der Waals surface area contributed by atoms with Crippen molar-refractivity contribution < 1.29 is 9.59 Å². The Balaban J connectivity index is 1.65. The van der Waals surface area contributed by atoms with Crippen molar-refractivity contribution in [3.05, 3.63) is 47.8 Å². The van der Waals surface area contributed by atoms with Gasteiger partial charge in [0.15, 0.2) is 5.69 Å². The van der Waals surface area contributed by atoms with Crippen LogP contribution in [-0.2, 0) is 11.3 Å². The summed E-state index contributed by atoms with van der Waals surface area (Å²) in [6.45, 7) is 0.550. The van der Waals surface area contributed by atoms with Crippen molar-refractivity contribution in [2.75, 3.05) is 0 Å². The maximum Gasteiger partial charge on any atom is 0.273 e. The molecule has 0 bridgehead atoms. The van der Waals surface area contributed by atoms with Gasteiger partial charge in [0.2, 0.25) is 5.91 Å². The monoisotopic (exact) mass is 341 g/mol. The molecule has 7 heteroatoms. The summed E-state index contributed by atoms with van der Waals surface area (Å²) in [5.74, 6) is -0.969. The minimum absolute atomic E-state index is 0.230. The van der Waals surface area contributed by atoms with E-state index in [4.69, 9.17) is 5.73 Å². The van der Waals surface area contributed by atoms with Crippen molar-refractivity contribution in [2.24, 2.45) is 11.7 Å². The van der Waals surface area contributed by atoms with Crippen molar-refractivity contribution in [3.63, 3.8) is 0 Å². The summed E-state index contributed by atoms with van der Waals surface area (Å²) >= 11 is 0. The van der Waals surface area contributed by atoms with Gasteiger partial charge in [0.1, 0.15) is 0 Å². The van der Waals surface area contributed by atoms with Crippen molar-refractivity contribution in [3.8, 4) is 0 Å². The molecule has 25 heavy (non-hydrogen) atoms. The Kier molecular flexibility index (Phi) is 5.42. The van der Waals surface area contributed by atoms with Gasteiger partial charge < -0.3 is 11.1 Å². The lowest BCUT2D eigenvalue weighted by Crippen LogP contribution is -2.45. The van der Waals surface area contributed by atoms with E-state index in [1.165, 1.54) is 0 Å². The zero-order valence-corrected chi connectivity index (χ0v) is 14.1. The Bertz CT molecular complexity index is 728. The van der Waals surface area contributed by atoms with Gasteiger partial charge in [-0.05, 0) is 18.4 Å². The number of aromatic nitrogens is 3. The second kappa shape index (κ2) is 7.92. The number of hydrogen-bond acceptors (Lipinski definition) is 4. The first kappa shape index (κ1) is 17.1. The molecule has 3 rings (SSSR count). The first-order valence-electron chi connectivity index (χ1n) is 8.68. The van der Waals surface area contributed by atoms with Gasteiger partial charge in [-0.1, -0.05) is 54.8 Å². The number of hydrogen-bond donors (Lipinski definition) is 2. The highest BCUT2D eigenvalue weighted by molar-refractivity contribution is 5.92. The number of primary amides is 1. The molecule has 2 amide bonds. The lowest BCUT2D eigenvalue weighted by Gasteiger charge is -2.23. The van der Waals surface area contributed by atoms with Gasteiger partial charge in [0, 0.05) is 6.04 Å². The van der Waals surface area contributed by atoms with Crippen molar-refractivity contribution in [1.29, 1.82) is 0 Å². The molecule has 1 aromatic heterocycles. The first-order chi connectivity index (χ1) is 12.1. The van der Waals surface area contributed by atoms with Crippen molar-refractivity contribution in [1.82, 2.24) is 20.3 Å². The number of benzene rings is 1. The zero-order chi connectivity index (χ0) is 17.6. The number of amides is 2. The van der Waals surface area contributed by atoms with E-state index in [0.29, 0.717) is 6.54 Å². The van der Waals surface area contributed by atoms with Crippen molar-refractivity contribution in [2.45, 2.75) is 44.7 Å². The van der Waals surface area contributed by atoms with E-state index < -0.39 is 0 Å². The zero-order valence-electron chi connectivity index (χ0n) is 14.1. The highest BCUT2D eigenvalue weighted by Crippen LogP contribution is 2.23. The number of nitrogens with one attached hydrogen (secondary N) is 1. The Labute approximate surface area is 146 Å². The largest absolute Gasteiger partial charge is 0.369 e. The third kappa shape index (κ3) is 4.43. The molecule has 1 saturated carbocycles. The molecular weight excluding hydrogens is 318 g/mol. The Morgan fingerprint density at radius 1 is 1.16 bits per heavy atom. The third-order valence-corrected chi connectivity index (χ3v) is 4.66. The smallest absolute Gasteiger partial charge is 0.273 e. The van der Waals surface area contributed by atoms with Gasteiger partial charge in [0.25, 0.3) is 5.91 Å². The SMILES string of the molecule is NC(=O)[C@@H]1CCCCC[C@@H]1NC(=O)c1cn(Cc2ccccc2)nn1.